The van der Waals surface area contributed by atoms with E-state index in [0.717, 1.165) is 31.2 Å². The highest BCUT2D eigenvalue weighted by Gasteiger charge is 2.28. The van der Waals surface area contributed by atoms with E-state index < -0.39 is 0 Å². The van der Waals surface area contributed by atoms with Gasteiger partial charge in [0.15, 0.2) is 0 Å². The fourth-order valence-corrected chi connectivity index (χ4v) is 3.27. The molecular formula is C19H29N3O2. The van der Waals surface area contributed by atoms with Crippen molar-refractivity contribution >= 4 is 11.8 Å². The van der Waals surface area contributed by atoms with Crippen LogP contribution in [0.25, 0.3) is 0 Å². The number of amides is 2. The molecule has 0 radical (unpaired) electrons. The van der Waals surface area contributed by atoms with Crippen LogP contribution in [0.1, 0.15) is 50.5 Å². The lowest BCUT2D eigenvalue weighted by atomic mass is 9.93. The van der Waals surface area contributed by atoms with Crippen LogP contribution >= 0.6 is 0 Å². The Kier molecular flexibility index (Phi) is 7.25. The van der Waals surface area contributed by atoms with Gasteiger partial charge in [-0.25, -0.2) is 0 Å². The molecule has 0 saturated carbocycles. The van der Waals surface area contributed by atoms with Gasteiger partial charge in [0.1, 0.15) is 0 Å². The molecule has 1 heterocycles. The second-order valence-corrected chi connectivity index (χ2v) is 6.43. The van der Waals surface area contributed by atoms with Crippen LogP contribution in [0.5, 0.6) is 0 Å². The summed E-state index contributed by atoms with van der Waals surface area (Å²) in [5.41, 5.74) is 6.51. The van der Waals surface area contributed by atoms with Crippen LogP contribution in [-0.2, 0) is 9.59 Å². The molecule has 1 atom stereocenters. The summed E-state index contributed by atoms with van der Waals surface area (Å²) in [6.45, 7) is 4.02. The Hall–Kier alpha value is -1.88. The summed E-state index contributed by atoms with van der Waals surface area (Å²) in [7, 11) is 0. The van der Waals surface area contributed by atoms with E-state index in [-0.39, 0.29) is 23.8 Å². The highest BCUT2D eigenvalue weighted by Crippen LogP contribution is 2.24. The number of likely N-dealkylation sites (tertiary alicyclic amines) is 1. The van der Waals surface area contributed by atoms with Crippen molar-refractivity contribution in [3.63, 3.8) is 0 Å². The van der Waals surface area contributed by atoms with Crippen molar-refractivity contribution in [3.05, 3.63) is 35.9 Å². The number of benzene rings is 1. The summed E-state index contributed by atoms with van der Waals surface area (Å²) in [5, 5.41) is 3.06. The largest absolute Gasteiger partial charge is 0.353 e. The second-order valence-electron chi connectivity index (χ2n) is 6.43. The minimum Gasteiger partial charge on any atom is -0.353 e. The van der Waals surface area contributed by atoms with E-state index in [1.165, 1.54) is 0 Å². The van der Waals surface area contributed by atoms with Gasteiger partial charge >= 0.3 is 0 Å². The quantitative estimate of drug-likeness (QED) is 0.803. The molecule has 1 saturated heterocycles. The Morgan fingerprint density at radius 1 is 1.25 bits per heavy atom. The molecule has 132 valence electrons. The van der Waals surface area contributed by atoms with Gasteiger partial charge in [-0.15, -0.1) is 0 Å². The highest BCUT2D eigenvalue weighted by atomic mass is 16.2. The van der Waals surface area contributed by atoms with Gasteiger partial charge in [0, 0.05) is 25.6 Å². The fraction of sp³-hybridized carbons (Fsp3) is 0.579. The van der Waals surface area contributed by atoms with Gasteiger partial charge < -0.3 is 16.0 Å². The van der Waals surface area contributed by atoms with Crippen LogP contribution in [0.2, 0.25) is 0 Å². The van der Waals surface area contributed by atoms with Crippen molar-refractivity contribution in [2.45, 2.75) is 51.0 Å². The highest BCUT2D eigenvalue weighted by molar-refractivity contribution is 5.84. The normalized spacial score (nSPS) is 16.7. The Morgan fingerprint density at radius 2 is 1.92 bits per heavy atom. The number of carbonyl (C=O) groups is 2. The lowest BCUT2D eigenvalue weighted by molar-refractivity contribution is -0.134. The lowest BCUT2D eigenvalue weighted by Gasteiger charge is -2.34. The zero-order valence-electron chi connectivity index (χ0n) is 14.5. The van der Waals surface area contributed by atoms with E-state index in [1.807, 2.05) is 35.2 Å². The standard InChI is InChI=1S/C19H29N3O2/c1-2-17(15-7-4-3-5-8-15)19(24)22-13-10-16(11-14-22)21-18(23)9-6-12-20/h3-5,7-8,16-17H,2,6,9-14,20H2,1H3,(H,21,23). The van der Waals surface area contributed by atoms with Crippen LogP contribution in [0.3, 0.4) is 0 Å². The van der Waals surface area contributed by atoms with E-state index in [2.05, 4.69) is 12.2 Å². The number of nitrogens with one attached hydrogen (secondary N) is 1. The molecule has 1 aromatic rings. The second kappa shape index (κ2) is 9.42. The molecule has 0 bridgehead atoms. The average molecular weight is 331 g/mol. The van der Waals surface area contributed by atoms with Gasteiger partial charge in [-0.1, -0.05) is 37.3 Å². The molecule has 0 spiro atoms. The van der Waals surface area contributed by atoms with Gasteiger partial charge in [0.2, 0.25) is 11.8 Å². The predicted octanol–water partition coefficient (Wildman–Crippen LogP) is 2.03. The maximum Gasteiger partial charge on any atom is 0.230 e. The third-order valence-corrected chi connectivity index (χ3v) is 4.69. The average Bonchev–Trinajstić information content (AvgIpc) is 2.62. The van der Waals surface area contributed by atoms with Crippen LogP contribution in [0.4, 0.5) is 0 Å². The molecular weight excluding hydrogens is 302 g/mol. The predicted molar refractivity (Wildman–Crippen MR) is 95.5 cm³/mol. The molecule has 1 unspecified atom stereocenters. The molecule has 1 aromatic carbocycles. The zero-order valence-corrected chi connectivity index (χ0v) is 14.5. The first-order chi connectivity index (χ1) is 11.7. The number of carbonyl (C=O) groups excluding carboxylic acids is 2. The summed E-state index contributed by atoms with van der Waals surface area (Å²) in [5.74, 6) is 0.208. The number of hydrogen-bond donors (Lipinski definition) is 2. The van der Waals surface area contributed by atoms with Crippen molar-refractivity contribution in [2.24, 2.45) is 5.73 Å². The van der Waals surface area contributed by atoms with Crippen LogP contribution in [0, 0.1) is 0 Å². The minimum absolute atomic E-state index is 0.0677. The van der Waals surface area contributed by atoms with Crippen molar-refractivity contribution in [2.75, 3.05) is 19.6 Å². The molecule has 24 heavy (non-hydrogen) atoms. The lowest BCUT2D eigenvalue weighted by Crippen LogP contribution is -2.47. The van der Waals surface area contributed by atoms with Crippen LogP contribution < -0.4 is 11.1 Å². The van der Waals surface area contributed by atoms with Gasteiger partial charge in [-0.05, 0) is 37.8 Å². The maximum atomic E-state index is 12.8. The van der Waals surface area contributed by atoms with Crippen molar-refractivity contribution in [1.29, 1.82) is 0 Å². The molecule has 0 aliphatic carbocycles. The Bertz CT molecular complexity index is 525. The van der Waals surface area contributed by atoms with Gasteiger partial charge in [-0.3, -0.25) is 9.59 Å². The number of nitrogens with two attached hydrogens (primary N) is 1. The number of piperidine rings is 1. The first kappa shape index (κ1) is 18.5. The Balaban J connectivity index is 1.85. The number of nitrogens with zero attached hydrogens (tertiary/aromatic N) is 1. The van der Waals surface area contributed by atoms with E-state index in [9.17, 15) is 9.59 Å². The van der Waals surface area contributed by atoms with Crippen molar-refractivity contribution in [3.8, 4) is 0 Å². The van der Waals surface area contributed by atoms with Gasteiger partial charge in [-0.2, -0.15) is 0 Å². The van der Waals surface area contributed by atoms with E-state index in [0.29, 0.717) is 26.1 Å². The molecule has 5 nitrogen and oxygen atoms in total. The van der Waals surface area contributed by atoms with E-state index >= 15 is 0 Å². The van der Waals surface area contributed by atoms with E-state index in [4.69, 9.17) is 5.73 Å². The maximum absolute atomic E-state index is 12.8. The summed E-state index contributed by atoms with van der Waals surface area (Å²) >= 11 is 0. The summed E-state index contributed by atoms with van der Waals surface area (Å²) < 4.78 is 0. The Morgan fingerprint density at radius 3 is 2.50 bits per heavy atom. The van der Waals surface area contributed by atoms with Crippen LogP contribution in [-0.4, -0.2) is 42.4 Å². The molecule has 5 heteroatoms. The third-order valence-electron chi connectivity index (χ3n) is 4.69. The monoisotopic (exact) mass is 331 g/mol. The number of hydrogen-bond acceptors (Lipinski definition) is 3. The summed E-state index contributed by atoms with van der Waals surface area (Å²) in [6, 6.07) is 10.2. The molecule has 0 aromatic heterocycles. The van der Waals surface area contributed by atoms with Crippen molar-refractivity contribution < 1.29 is 9.59 Å². The molecule has 1 aliphatic heterocycles. The fourth-order valence-electron chi connectivity index (χ4n) is 3.27. The Labute approximate surface area is 144 Å². The third kappa shape index (κ3) is 5.06. The van der Waals surface area contributed by atoms with E-state index in [1.54, 1.807) is 0 Å². The van der Waals surface area contributed by atoms with Crippen molar-refractivity contribution in [1.82, 2.24) is 10.2 Å². The minimum atomic E-state index is -0.0677. The van der Waals surface area contributed by atoms with Crippen LogP contribution in [0.15, 0.2) is 30.3 Å². The van der Waals surface area contributed by atoms with Gasteiger partial charge in [0.05, 0.1) is 5.92 Å². The summed E-state index contributed by atoms with van der Waals surface area (Å²) in [4.78, 5) is 26.6. The topological polar surface area (TPSA) is 75.4 Å². The molecule has 2 amide bonds. The molecule has 3 N–H and O–H groups in total. The summed E-state index contributed by atoms with van der Waals surface area (Å²) in [6.07, 6.45) is 3.66. The first-order valence-corrected chi connectivity index (χ1v) is 8.98. The SMILES string of the molecule is CCC(C(=O)N1CCC(NC(=O)CCCN)CC1)c1ccccc1. The smallest absolute Gasteiger partial charge is 0.230 e. The van der Waals surface area contributed by atoms with Gasteiger partial charge in [0.25, 0.3) is 0 Å². The molecule has 1 fully saturated rings. The molecule has 1 aliphatic rings. The number of rotatable bonds is 7. The molecule has 2 rings (SSSR count). The first-order valence-electron chi connectivity index (χ1n) is 8.98. The zero-order chi connectivity index (χ0) is 17.4.